The number of ether oxygens (including phenoxy) is 1. The number of esters is 1. The second-order valence-electron chi connectivity index (χ2n) is 6.05. The van der Waals surface area contributed by atoms with Gasteiger partial charge in [0.2, 0.25) is 0 Å². The van der Waals surface area contributed by atoms with Gasteiger partial charge in [-0.2, -0.15) is 13.2 Å². The van der Waals surface area contributed by atoms with Gasteiger partial charge in [-0.05, 0) is 53.1 Å². The predicted octanol–water partition coefficient (Wildman–Crippen LogP) is 5.51. The summed E-state index contributed by atoms with van der Waals surface area (Å²) in [6.07, 6.45) is -4.73. The molecule has 3 rings (SSSR count). The molecule has 0 spiro atoms. The Morgan fingerprint density at radius 2 is 1.67 bits per heavy atom. The lowest BCUT2D eigenvalue weighted by Crippen LogP contribution is -2.14. The molecule has 27 heavy (non-hydrogen) atoms. The molecular formula is C21H15F3O3. The SMILES string of the molecule is COC(=O)c1ccc(-c2cc(C(C)=O)cc3ccccc23)cc1C(F)(F)F. The largest absolute Gasteiger partial charge is 0.465 e. The second kappa shape index (κ2) is 6.87. The van der Waals surface area contributed by atoms with E-state index in [0.717, 1.165) is 24.6 Å². The summed E-state index contributed by atoms with van der Waals surface area (Å²) in [5.41, 5.74) is -0.492. The lowest BCUT2D eigenvalue weighted by molar-refractivity contribution is -0.138. The van der Waals surface area contributed by atoms with Gasteiger partial charge in [-0.25, -0.2) is 4.79 Å². The molecule has 0 saturated carbocycles. The first-order valence-electron chi connectivity index (χ1n) is 8.06. The third-order valence-electron chi connectivity index (χ3n) is 4.31. The summed E-state index contributed by atoms with van der Waals surface area (Å²) in [4.78, 5) is 23.6. The Morgan fingerprint density at radius 3 is 2.30 bits per heavy atom. The van der Waals surface area contributed by atoms with Crippen LogP contribution in [0.1, 0.15) is 33.2 Å². The van der Waals surface area contributed by atoms with Gasteiger partial charge in [-0.3, -0.25) is 4.79 Å². The molecule has 138 valence electrons. The van der Waals surface area contributed by atoms with Gasteiger partial charge in [-0.15, -0.1) is 0 Å². The summed E-state index contributed by atoms with van der Waals surface area (Å²) < 4.78 is 45.0. The highest BCUT2D eigenvalue weighted by molar-refractivity contribution is 6.05. The Hall–Kier alpha value is -3.15. The quantitative estimate of drug-likeness (QED) is 0.449. The van der Waals surface area contributed by atoms with Crippen LogP contribution in [0.25, 0.3) is 21.9 Å². The maximum Gasteiger partial charge on any atom is 0.417 e. The number of hydrogen-bond donors (Lipinski definition) is 0. The van der Waals surface area contributed by atoms with Crippen molar-refractivity contribution >= 4 is 22.5 Å². The van der Waals surface area contributed by atoms with Crippen LogP contribution in [0.5, 0.6) is 0 Å². The number of rotatable bonds is 3. The number of carbonyl (C=O) groups is 2. The van der Waals surface area contributed by atoms with E-state index >= 15 is 0 Å². The molecule has 0 N–H and O–H groups in total. The molecular weight excluding hydrogens is 357 g/mol. The van der Waals surface area contributed by atoms with E-state index in [1.165, 1.54) is 13.0 Å². The number of benzene rings is 3. The lowest BCUT2D eigenvalue weighted by Gasteiger charge is -2.15. The average molecular weight is 372 g/mol. The molecule has 3 nitrogen and oxygen atoms in total. The standard InChI is InChI=1S/C21H15F3O3/c1-12(25)15-9-13-5-3-4-6-16(13)18(10-15)14-7-8-17(20(26)27-2)19(11-14)21(22,23)24/h3-11H,1-2H3. The van der Waals surface area contributed by atoms with Crippen molar-refractivity contribution in [3.05, 3.63) is 71.3 Å². The third-order valence-corrected chi connectivity index (χ3v) is 4.31. The number of ketones is 1. The topological polar surface area (TPSA) is 43.4 Å². The van der Waals surface area contributed by atoms with Crippen molar-refractivity contribution in [1.82, 2.24) is 0 Å². The van der Waals surface area contributed by atoms with Crippen LogP contribution in [0.15, 0.2) is 54.6 Å². The minimum absolute atomic E-state index is 0.191. The Morgan fingerprint density at radius 1 is 0.963 bits per heavy atom. The normalized spacial score (nSPS) is 11.4. The highest BCUT2D eigenvalue weighted by Gasteiger charge is 2.36. The zero-order chi connectivity index (χ0) is 19.8. The molecule has 0 aliphatic heterocycles. The molecule has 0 aromatic heterocycles. The second-order valence-corrected chi connectivity index (χ2v) is 6.05. The number of halogens is 3. The smallest absolute Gasteiger partial charge is 0.417 e. The van der Waals surface area contributed by atoms with Crippen molar-refractivity contribution in [2.24, 2.45) is 0 Å². The van der Waals surface area contributed by atoms with Crippen LogP contribution >= 0.6 is 0 Å². The van der Waals surface area contributed by atoms with Crippen molar-refractivity contribution in [1.29, 1.82) is 0 Å². The van der Waals surface area contributed by atoms with Crippen LogP contribution < -0.4 is 0 Å². The first-order chi connectivity index (χ1) is 12.7. The predicted molar refractivity (Wildman–Crippen MR) is 95.7 cm³/mol. The number of Topliss-reactive ketones (excluding diaryl/α,β-unsaturated/α-hetero) is 1. The first kappa shape index (κ1) is 18.6. The maximum absolute atomic E-state index is 13.5. The highest BCUT2D eigenvalue weighted by Crippen LogP contribution is 2.37. The van der Waals surface area contributed by atoms with Crippen LogP contribution in [0, 0.1) is 0 Å². The molecule has 0 saturated heterocycles. The zero-order valence-corrected chi connectivity index (χ0v) is 14.6. The van der Waals surface area contributed by atoms with Gasteiger partial charge >= 0.3 is 12.1 Å². The monoisotopic (exact) mass is 372 g/mol. The van der Waals surface area contributed by atoms with Crippen LogP contribution in [0.4, 0.5) is 13.2 Å². The summed E-state index contributed by atoms with van der Waals surface area (Å²) in [5, 5.41) is 1.45. The van der Waals surface area contributed by atoms with E-state index in [0.29, 0.717) is 16.5 Å². The van der Waals surface area contributed by atoms with Crippen molar-refractivity contribution in [2.45, 2.75) is 13.1 Å². The highest BCUT2D eigenvalue weighted by atomic mass is 19.4. The molecule has 0 atom stereocenters. The van der Waals surface area contributed by atoms with Crippen molar-refractivity contribution in [3.63, 3.8) is 0 Å². The van der Waals surface area contributed by atoms with Gasteiger partial charge in [0.25, 0.3) is 0 Å². The molecule has 6 heteroatoms. The van der Waals surface area contributed by atoms with E-state index in [4.69, 9.17) is 0 Å². The summed E-state index contributed by atoms with van der Waals surface area (Å²) in [5.74, 6) is -1.25. The van der Waals surface area contributed by atoms with Crippen LogP contribution in [0.2, 0.25) is 0 Å². The molecule has 3 aromatic carbocycles. The fraction of sp³-hybridized carbons (Fsp3) is 0.143. The molecule has 0 fully saturated rings. The van der Waals surface area contributed by atoms with E-state index in [2.05, 4.69) is 4.74 Å². The van der Waals surface area contributed by atoms with E-state index in [-0.39, 0.29) is 11.3 Å². The van der Waals surface area contributed by atoms with Gasteiger partial charge in [0.15, 0.2) is 5.78 Å². The van der Waals surface area contributed by atoms with Crippen LogP contribution in [0.3, 0.4) is 0 Å². The zero-order valence-electron chi connectivity index (χ0n) is 14.6. The van der Waals surface area contributed by atoms with Gasteiger partial charge in [0.1, 0.15) is 0 Å². The van der Waals surface area contributed by atoms with Gasteiger partial charge in [-0.1, -0.05) is 30.3 Å². The molecule has 0 bridgehead atoms. The molecule has 0 radical (unpaired) electrons. The number of hydrogen-bond acceptors (Lipinski definition) is 3. The van der Waals surface area contributed by atoms with Gasteiger partial charge in [0, 0.05) is 5.56 Å². The Labute approximate surface area is 153 Å². The molecule has 0 aliphatic carbocycles. The number of carbonyl (C=O) groups excluding carboxylic acids is 2. The van der Waals surface area contributed by atoms with Gasteiger partial charge < -0.3 is 4.74 Å². The van der Waals surface area contributed by atoms with Crippen molar-refractivity contribution < 1.29 is 27.5 Å². The van der Waals surface area contributed by atoms with Crippen molar-refractivity contribution in [3.8, 4) is 11.1 Å². The first-order valence-corrected chi connectivity index (χ1v) is 8.06. The lowest BCUT2D eigenvalue weighted by atomic mass is 9.92. The van der Waals surface area contributed by atoms with E-state index in [1.807, 2.05) is 0 Å². The van der Waals surface area contributed by atoms with Crippen molar-refractivity contribution in [2.75, 3.05) is 7.11 Å². The van der Waals surface area contributed by atoms with E-state index in [1.54, 1.807) is 36.4 Å². The molecule has 0 unspecified atom stereocenters. The maximum atomic E-state index is 13.5. The Balaban J connectivity index is 2.31. The van der Waals surface area contributed by atoms with Crippen LogP contribution in [-0.4, -0.2) is 18.9 Å². The van der Waals surface area contributed by atoms with Crippen LogP contribution in [-0.2, 0) is 10.9 Å². The summed E-state index contributed by atoms with van der Waals surface area (Å²) in [7, 11) is 1.03. The molecule has 0 aliphatic rings. The number of fused-ring (bicyclic) bond motifs is 1. The van der Waals surface area contributed by atoms with E-state index < -0.39 is 23.3 Å². The Bertz CT molecular complexity index is 1050. The Kier molecular flexibility index (Phi) is 4.74. The average Bonchev–Trinajstić information content (AvgIpc) is 2.65. The summed E-state index contributed by atoms with van der Waals surface area (Å²) in [6, 6.07) is 13.8. The fourth-order valence-corrected chi connectivity index (χ4v) is 2.99. The third kappa shape index (κ3) is 3.56. The molecule has 0 heterocycles. The number of alkyl halides is 3. The number of methoxy groups -OCH3 is 1. The summed E-state index contributed by atoms with van der Waals surface area (Å²) in [6.45, 7) is 1.40. The van der Waals surface area contributed by atoms with Gasteiger partial charge in [0.05, 0.1) is 18.2 Å². The summed E-state index contributed by atoms with van der Waals surface area (Å²) >= 11 is 0. The minimum Gasteiger partial charge on any atom is -0.465 e. The van der Waals surface area contributed by atoms with E-state index in [9.17, 15) is 22.8 Å². The molecule has 3 aromatic rings. The molecule has 0 amide bonds. The fourth-order valence-electron chi connectivity index (χ4n) is 2.99. The minimum atomic E-state index is -4.73.